The summed E-state index contributed by atoms with van der Waals surface area (Å²) in [5, 5.41) is 13.6. The zero-order valence-corrected chi connectivity index (χ0v) is 15.2. The van der Waals surface area contributed by atoms with E-state index in [2.05, 4.69) is 10.5 Å². The summed E-state index contributed by atoms with van der Waals surface area (Å²) >= 11 is 11.4. The molecule has 1 fully saturated rings. The zero-order chi connectivity index (χ0) is 17.9. The van der Waals surface area contributed by atoms with Crippen LogP contribution in [0.25, 0.3) is 0 Å². The molecule has 1 aromatic carbocycles. The van der Waals surface area contributed by atoms with Crippen LogP contribution in [0.2, 0.25) is 0 Å². The summed E-state index contributed by atoms with van der Waals surface area (Å²) in [6.45, 7) is 6.23. The van der Waals surface area contributed by atoms with Gasteiger partial charge in [-0.15, -0.1) is 0 Å². The van der Waals surface area contributed by atoms with Gasteiger partial charge in [-0.1, -0.05) is 37.0 Å². The van der Waals surface area contributed by atoms with Gasteiger partial charge in [0.1, 0.15) is 4.49 Å². The fraction of sp³-hybridized carbons (Fsp3) is 0.412. The Morgan fingerprint density at radius 1 is 1.46 bits per heavy atom. The van der Waals surface area contributed by atoms with E-state index in [0.717, 1.165) is 0 Å². The highest BCUT2D eigenvalue weighted by atomic mass is 35.5. The third-order valence-electron chi connectivity index (χ3n) is 4.17. The van der Waals surface area contributed by atoms with Crippen molar-refractivity contribution in [1.29, 1.82) is 0 Å². The first-order valence-corrected chi connectivity index (χ1v) is 8.34. The molecule has 1 aromatic rings. The van der Waals surface area contributed by atoms with E-state index in [4.69, 9.17) is 27.9 Å². The molecule has 130 valence electrons. The number of phenolic OH excluding ortho intramolecular Hbond substituents is 1. The Kier molecular flexibility index (Phi) is 5.78. The average Bonchev–Trinajstić information content (AvgIpc) is 3.02. The van der Waals surface area contributed by atoms with Crippen LogP contribution >= 0.6 is 23.2 Å². The molecule has 5 nitrogen and oxygen atoms in total. The topological polar surface area (TPSA) is 70.9 Å². The van der Waals surface area contributed by atoms with Crippen molar-refractivity contribution in [3.63, 3.8) is 0 Å². The number of halogens is 2. The number of aromatic hydroxyl groups is 1. The SMILES string of the molecule is CCOc1cc(C=NNC(=O)[C@H]2[C@@H](C=C(Cl)Cl)C2(C)C)ccc1O. The Hall–Kier alpha value is -1.72. The standard InChI is InChI=1S/C17H20Cl2N2O3/c1-4-24-13-7-10(5-6-12(13)22)9-20-21-16(23)15-11(8-14(18)19)17(15,2)3/h5-9,11,15,22H,4H2,1-3H3,(H,21,23)/t11-,15-/m1/s1. The molecule has 0 aliphatic heterocycles. The first-order valence-electron chi connectivity index (χ1n) is 7.59. The number of hydrazone groups is 1. The Morgan fingerprint density at radius 2 is 2.17 bits per heavy atom. The van der Waals surface area contributed by atoms with Gasteiger partial charge in [0.15, 0.2) is 11.5 Å². The van der Waals surface area contributed by atoms with Gasteiger partial charge in [-0.3, -0.25) is 4.79 Å². The first-order chi connectivity index (χ1) is 11.3. The molecular formula is C17H20Cl2N2O3. The van der Waals surface area contributed by atoms with Gasteiger partial charge in [-0.05, 0) is 48.1 Å². The summed E-state index contributed by atoms with van der Waals surface area (Å²) < 4.78 is 5.47. The number of phenols is 1. The minimum Gasteiger partial charge on any atom is -0.504 e. The highest BCUT2D eigenvalue weighted by Crippen LogP contribution is 2.59. The molecule has 1 saturated carbocycles. The average molecular weight is 371 g/mol. The van der Waals surface area contributed by atoms with Crippen LogP contribution in [0.15, 0.2) is 33.9 Å². The number of rotatable bonds is 6. The molecule has 0 unspecified atom stereocenters. The van der Waals surface area contributed by atoms with E-state index in [1.54, 1.807) is 18.2 Å². The molecule has 7 heteroatoms. The maximum Gasteiger partial charge on any atom is 0.244 e. The zero-order valence-electron chi connectivity index (χ0n) is 13.7. The lowest BCUT2D eigenvalue weighted by Crippen LogP contribution is -2.21. The van der Waals surface area contributed by atoms with Crippen LogP contribution in [-0.4, -0.2) is 23.8 Å². The van der Waals surface area contributed by atoms with Crippen molar-refractivity contribution in [3.8, 4) is 11.5 Å². The molecule has 2 rings (SSSR count). The predicted molar refractivity (Wildman–Crippen MR) is 95.6 cm³/mol. The lowest BCUT2D eigenvalue weighted by Gasteiger charge is -2.06. The van der Waals surface area contributed by atoms with Crippen molar-refractivity contribution in [2.45, 2.75) is 20.8 Å². The maximum atomic E-state index is 12.2. The molecule has 0 radical (unpaired) electrons. The molecule has 2 atom stereocenters. The Labute approximate surface area is 151 Å². The molecule has 0 bridgehead atoms. The summed E-state index contributed by atoms with van der Waals surface area (Å²) in [4.78, 5) is 12.2. The number of hydrogen-bond acceptors (Lipinski definition) is 4. The lowest BCUT2D eigenvalue weighted by atomic mass is 10.1. The Balaban J connectivity index is 1.98. The van der Waals surface area contributed by atoms with Crippen molar-refractivity contribution in [1.82, 2.24) is 5.43 Å². The summed E-state index contributed by atoms with van der Waals surface area (Å²) in [5.41, 5.74) is 3.03. The van der Waals surface area contributed by atoms with Crippen LogP contribution in [-0.2, 0) is 4.79 Å². The summed E-state index contributed by atoms with van der Waals surface area (Å²) in [6, 6.07) is 4.84. The minimum absolute atomic E-state index is 0.00377. The molecule has 0 heterocycles. The van der Waals surface area contributed by atoms with Crippen LogP contribution in [0.5, 0.6) is 11.5 Å². The Morgan fingerprint density at radius 3 is 2.79 bits per heavy atom. The van der Waals surface area contributed by atoms with Gasteiger partial charge < -0.3 is 9.84 Å². The fourth-order valence-electron chi connectivity index (χ4n) is 2.75. The van der Waals surface area contributed by atoms with Gasteiger partial charge in [-0.2, -0.15) is 5.10 Å². The van der Waals surface area contributed by atoms with Gasteiger partial charge in [0, 0.05) is 0 Å². The summed E-state index contributed by atoms with van der Waals surface area (Å²) in [7, 11) is 0. The monoisotopic (exact) mass is 370 g/mol. The van der Waals surface area contributed by atoms with Crippen LogP contribution in [0.1, 0.15) is 26.3 Å². The molecule has 0 spiro atoms. The number of allylic oxidation sites excluding steroid dienone is 1. The van der Waals surface area contributed by atoms with Gasteiger partial charge in [0.05, 0.1) is 18.7 Å². The number of carbonyl (C=O) groups is 1. The van der Waals surface area contributed by atoms with Crippen LogP contribution < -0.4 is 10.2 Å². The predicted octanol–water partition coefficient (Wildman–Crippen LogP) is 3.83. The largest absolute Gasteiger partial charge is 0.504 e. The lowest BCUT2D eigenvalue weighted by molar-refractivity contribution is -0.123. The second-order valence-electron chi connectivity index (χ2n) is 6.18. The minimum atomic E-state index is -0.221. The highest BCUT2D eigenvalue weighted by molar-refractivity contribution is 6.55. The van der Waals surface area contributed by atoms with Crippen molar-refractivity contribution < 1.29 is 14.6 Å². The molecule has 1 aliphatic rings. The highest BCUT2D eigenvalue weighted by Gasteiger charge is 2.60. The molecule has 24 heavy (non-hydrogen) atoms. The summed E-state index contributed by atoms with van der Waals surface area (Å²) in [5.74, 6) is 0.0242. The third kappa shape index (κ3) is 4.22. The molecule has 0 saturated heterocycles. The smallest absolute Gasteiger partial charge is 0.244 e. The van der Waals surface area contributed by atoms with Crippen molar-refractivity contribution in [3.05, 3.63) is 34.3 Å². The van der Waals surface area contributed by atoms with E-state index in [0.29, 0.717) is 17.9 Å². The van der Waals surface area contributed by atoms with E-state index in [-0.39, 0.29) is 33.4 Å². The number of nitrogens with zero attached hydrogens (tertiary/aromatic N) is 1. The van der Waals surface area contributed by atoms with Crippen LogP contribution in [0.3, 0.4) is 0 Å². The van der Waals surface area contributed by atoms with E-state index in [1.165, 1.54) is 12.3 Å². The van der Waals surface area contributed by atoms with Gasteiger partial charge in [-0.25, -0.2) is 5.43 Å². The second kappa shape index (κ2) is 7.45. The van der Waals surface area contributed by atoms with E-state index in [9.17, 15) is 9.90 Å². The number of ether oxygens (including phenoxy) is 1. The quantitative estimate of drug-likeness (QED) is 0.590. The van der Waals surface area contributed by atoms with E-state index in [1.807, 2.05) is 20.8 Å². The third-order valence-corrected chi connectivity index (χ3v) is 4.42. The number of carbonyl (C=O) groups excluding carboxylic acids is 1. The molecule has 1 aliphatic carbocycles. The van der Waals surface area contributed by atoms with E-state index < -0.39 is 0 Å². The van der Waals surface area contributed by atoms with Gasteiger partial charge >= 0.3 is 0 Å². The normalized spacial score (nSPS) is 21.4. The second-order valence-corrected chi connectivity index (χ2v) is 7.18. The van der Waals surface area contributed by atoms with Crippen molar-refractivity contribution >= 4 is 35.3 Å². The number of benzene rings is 1. The number of nitrogens with one attached hydrogen (secondary N) is 1. The van der Waals surface area contributed by atoms with Gasteiger partial charge in [0.2, 0.25) is 5.91 Å². The molecule has 1 amide bonds. The van der Waals surface area contributed by atoms with Crippen molar-refractivity contribution in [2.24, 2.45) is 22.4 Å². The first kappa shape index (κ1) is 18.6. The van der Waals surface area contributed by atoms with Crippen LogP contribution in [0.4, 0.5) is 0 Å². The van der Waals surface area contributed by atoms with Crippen molar-refractivity contribution in [2.75, 3.05) is 6.61 Å². The number of hydrogen-bond donors (Lipinski definition) is 2. The molecular weight excluding hydrogens is 351 g/mol. The fourth-order valence-corrected chi connectivity index (χ4v) is 3.02. The number of amides is 1. The van der Waals surface area contributed by atoms with Crippen LogP contribution in [0, 0.1) is 17.3 Å². The Bertz CT molecular complexity index is 682. The van der Waals surface area contributed by atoms with E-state index >= 15 is 0 Å². The summed E-state index contributed by atoms with van der Waals surface area (Å²) in [6.07, 6.45) is 3.18. The van der Waals surface area contributed by atoms with Gasteiger partial charge in [0.25, 0.3) is 0 Å². The molecule has 2 N–H and O–H groups in total. The maximum absolute atomic E-state index is 12.2. The molecule has 0 aromatic heterocycles.